The van der Waals surface area contributed by atoms with E-state index in [-0.39, 0.29) is 0 Å². The van der Waals surface area contributed by atoms with Crippen LogP contribution < -0.4 is 5.84 Å². The summed E-state index contributed by atoms with van der Waals surface area (Å²) in [4.78, 5) is 5.50. The minimum Gasteiger partial charge on any atom is -0.335 e. The summed E-state index contributed by atoms with van der Waals surface area (Å²) in [6, 6.07) is 16.6. The van der Waals surface area contributed by atoms with Crippen LogP contribution in [0.15, 0.2) is 65.8 Å². The van der Waals surface area contributed by atoms with Crippen molar-refractivity contribution in [3.05, 3.63) is 76.8 Å². The zero-order valence-corrected chi connectivity index (χ0v) is 19.9. The van der Waals surface area contributed by atoms with Crippen LogP contribution in [0.2, 0.25) is 0 Å². The smallest absolute Gasteiger partial charge is 0.335 e. The average molecular weight is 514 g/mol. The zero-order valence-electron chi connectivity index (χ0n) is 18.2. The van der Waals surface area contributed by atoms with E-state index in [2.05, 4.69) is 25.4 Å². The van der Waals surface area contributed by atoms with Crippen molar-refractivity contribution in [2.45, 2.75) is 24.0 Å². The molecular weight excluding hydrogens is 495 g/mol. The first-order chi connectivity index (χ1) is 16.8. The number of benzene rings is 2. The number of hydrogen-bond acceptors (Lipinski definition) is 7. The number of nitrogen functional groups attached to an aromatic ring is 1. The quantitative estimate of drug-likeness (QED) is 0.220. The van der Waals surface area contributed by atoms with Gasteiger partial charge in [0.05, 0.1) is 17.0 Å². The molecule has 0 radical (unpaired) electrons. The van der Waals surface area contributed by atoms with E-state index >= 15 is 0 Å². The van der Waals surface area contributed by atoms with Crippen LogP contribution in [-0.2, 0) is 11.9 Å². The third-order valence-corrected chi connectivity index (χ3v) is 7.60. The lowest BCUT2D eigenvalue weighted by Crippen LogP contribution is -2.11. The molecule has 2 aromatic carbocycles. The molecule has 0 aliphatic rings. The Kier molecular flexibility index (Phi) is 6.07. The van der Waals surface area contributed by atoms with E-state index in [4.69, 9.17) is 5.84 Å². The molecule has 0 unspecified atom stereocenters. The maximum Gasteiger partial charge on any atom is 0.416 e. The fourth-order valence-corrected chi connectivity index (χ4v) is 5.44. The highest BCUT2D eigenvalue weighted by Crippen LogP contribution is 2.35. The summed E-state index contributed by atoms with van der Waals surface area (Å²) in [6.07, 6.45) is -4.37. The Hall–Kier alpha value is -3.64. The summed E-state index contributed by atoms with van der Waals surface area (Å²) < 4.78 is 39.9. The van der Waals surface area contributed by atoms with Gasteiger partial charge in [-0.25, -0.2) is 9.66 Å². The maximum absolute atomic E-state index is 12.8. The van der Waals surface area contributed by atoms with E-state index in [9.17, 15) is 13.2 Å². The first kappa shape index (κ1) is 23.1. The molecular formula is C23H18F3N7S2. The van der Waals surface area contributed by atoms with Crippen LogP contribution in [0, 0.1) is 6.92 Å². The number of thiazole rings is 1. The Bertz CT molecular complexity index is 1450. The molecule has 0 saturated carbocycles. The van der Waals surface area contributed by atoms with Crippen molar-refractivity contribution in [1.29, 1.82) is 0 Å². The summed E-state index contributed by atoms with van der Waals surface area (Å²) in [5.41, 5.74) is 3.15. The van der Waals surface area contributed by atoms with Gasteiger partial charge < -0.3 is 5.84 Å². The van der Waals surface area contributed by atoms with Crippen molar-refractivity contribution >= 4 is 23.1 Å². The molecule has 3 aromatic heterocycles. The molecule has 0 aliphatic carbocycles. The molecule has 0 fully saturated rings. The SMILES string of the molecule is Cc1nc(-c2ccc(C(F)(F)F)cc2)sc1CSc1nnc(-c2cc(-c3ccccc3)n[nH]2)n1N. The number of hydrogen-bond donors (Lipinski definition) is 2. The first-order valence-electron chi connectivity index (χ1n) is 10.4. The van der Waals surface area contributed by atoms with Gasteiger partial charge in [0, 0.05) is 21.8 Å². The first-order valence-corrected chi connectivity index (χ1v) is 12.2. The molecule has 0 atom stereocenters. The van der Waals surface area contributed by atoms with Gasteiger partial charge in [-0.15, -0.1) is 21.5 Å². The Morgan fingerprint density at radius 1 is 1.03 bits per heavy atom. The number of aromatic nitrogens is 6. The van der Waals surface area contributed by atoms with Crippen molar-refractivity contribution in [3.8, 4) is 33.3 Å². The maximum atomic E-state index is 12.8. The lowest BCUT2D eigenvalue weighted by atomic mass is 10.1. The van der Waals surface area contributed by atoms with Gasteiger partial charge in [0.25, 0.3) is 0 Å². The van der Waals surface area contributed by atoms with Gasteiger partial charge in [-0.2, -0.15) is 18.3 Å². The van der Waals surface area contributed by atoms with Crippen molar-refractivity contribution in [2.75, 3.05) is 5.84 Å². The third-order valence-electron chi connectivity index (χ3n) is 5.24. The highest BCUT2D eigenvalue weighted by Gasteiger charge is 2.30. The summed E-state index contributed by atoms with van der Waals surface area (Å²) in [6.45, 7) is 1.87. The van der Waals surface area contributed by atoms with Gasteiger partial charge in [0.15, 0.2) is 0 Å². The van der Waals surface area contributed by atoms with Gasteiger partial charge in [0.1, 0.15) is 10.7 Å². The molecule has 12 heteroatoms. The predicted molar refractivity (Wildman–Crippen MR) is 130 cm³/mol. The predicted octanol–water partition coefficient (Wildman–Crippen LogP) is 5.79. The molecule has 3 N–H and O–H groups in total. The van der Waals surface area contributed by atoms with Crippen LogP contribution in [0.1, 0.15) is 16.1 Å². The molecule has 0 bridgehead atoms. The van der Waals surface area contributed by atoms with Gasteiger partial charge in [-0.1, -0.05) is 54.2 Å². The van der Waals surface area contributed by atoms with E-state index < -0.39 is 11.7 Å². The van der Waals surface area contributed by atoms with Crippen molar-refractivity contribution in [3.63, 3.8) is 0 Å². The van der Waals surface area contributed by atoms with Crippen molar-refractivity contribution < 1.29 is 13.2 Å². The van der Waals surface area contributed by atoms with E-state index in [1.54, 1.807) is 0 Å². The monoisotopic (exact) mass is 513 g/mol. The largest absolute Gasteiger partial charge is 0.416 e. The lowest BCUT2D eigenvalue weighted by molar-refractivity contribution is -0.137. The highest BCUT2D eigenvalue weighted by molar-refractivity contribution is 7.98. The molecule has 178 valence electrons. The zero-order chi connectivity index (χ0) is 24.6. The van der Waals surface area contributed by atoms with Gasteiger partial charge in [-0.3, -0.25) is 5.10 Å². The minimum absolute atomic E-state index is 0.452. The minimum atomic E-state index is -4.37. The number of halogens is 3. The number of aromatic amines is 1. The summed E-state index contributed by atoms with van der Waals surface area (Å²) in [7, 11) is 0. The van der Waals surface area contributed by atoms with Gasteiger partial charge >= 0.3 is 6.18 Å². The number of H-pyrrole nitrogens is 1. The topological polar surface area (TPSA) is 98.3 Å². The molecule has 35 heavy (non-hydrogen) atoms. The standard InChI is InChI=1S/C23H18F3N7S2/c1-13-19(35-21(28-13)15-7-9-16(10-8-15)23(24,25)26)12-34-22-32-31-20(33(22)27)18-11-17(29-30-18)14-5-3-2-4-6-14/h2-11H,12,27H2,1H3,(H,29,30). The molecule has 7 nitrogen and oxygen atoms in total. The van der Waals surface area contributed by atoms with E-state index in [0.717, 1.165) is 34.0 Å². The number of thioether (sulfide) groups is 1. The Morgan fingerprint density at radius 3 is 2.49 bits per heavy atom. The summed E-state index contributed by atoms with van der Waals surface area (Å²) in [5.74, 6) is 7.24. The summed E-state index contributed by atoms with van der Waals surface area (Å²) >= 11 is 2.83. The van der Waals surface area contributed by atoms with Crippen molar-refractivity contribution in [2.24, 2.45) is 0 Å². The third kappa shape index (κ3) is 4.80. The van der Waals surface area contributed by atoms with E-state index in [1.165, 1.54) is 39.9 Å². The van der Waals surface area contributed by atoms with Crippen LogP contribution in [0.25, 0.3) is 33.3 Å². The molecule has 0 aliphatic heterocycles. The highest BCUT2D eigenvalue weighted by atomic mass is 32.2. The fraction of sp³-hybridized carbons (Fsp3) is 0.130. The molecule has 0 spiro atoms. The second-order valence-corrected chi connectivity index (χ2v) is 9.63. The Morgan fingerprint density at radius 2 is 1.77 bits per heavy atom. The van der Waals surface area contributed by atoms with Gasteiger partial charge in [-0.05, 0) is 25.1 Å². The number of rotatable bonds is 6. The van der Waals surface area contributed by atoms with E-state index in [1.807, 2.05) is 43.3 Å². The second-order valence-electron chi connectivity index (χ2n) is 7.60. The molecule has 0 saturated heterocycles. The molecule has 5 rings (SSSR count). The van der Waals surface area contributed by atoms with Crippen molar-refractivity contribution in [1.82, 2.24) is 30.1 Å². The molecule has 0 amide bonds. The molecule has 3 heterocycles. The number of nitrogens with two attached hydrogens (primary N) is 1. The number of nitrogens with one attached hydrogen (secondary N) is 1. The normalized spacial score (nSPS) is 11.8. The Labute approximate surface area is 206 Å². The fourth-order valence-electron chi connectivity index (χ4n) is 3.37. The number of aryl methyl sites for hydroxylation is 1. The van der Waals surface area contributed by atoms with Crippen LogP contribution in [0.3, 0.4) is 0 Å². The van der Waals surface area contributed by atoms with Crippen LogP contribution >= 0.6 is 23.1 Å². The summed E-state index contributed by atoms with van der Waals surface area (Å²) in [5, 5.41) is 16.9. The number of nitrogens with zero attached hydrogens (tertiary/aromatic N) is 5. The second kappa shape index (κ2) is 9.19. The number of alkyl halides is 3. The molecule has 5 aromatic rings. The average Bonchev–Trinajstić information content (AvgIpc) is 3.57. The van der Waals surface area contributed by atoms with Crippen LogP contribution in [-0.4, -0.2) is 30.1 Å². The Balaban J connectivity index is 1.30. The van der Waals surface area contributed by atoms with Crippen LogP contribution in [0.5, 0.6) is 0 Å². The van der Waals surface area contributed by atoms with Gasteiger partial charge in [0.2, 0.25) is 11.0 Å². The van der Waals surface area contributed by atoms with E-state index in [0.29, 0.717) is 33.0 Å². The lowest BCUT2D eigenvalue weighted by Gasteiger charge is -2.06. The van der Waals surface area contributed by atoms with Crippen LogP contribution in [0.4, 0.5) is 13.2 Å².